The molecular weight excluding hydrogens is 534 g/mol. The number of ether oxygens (including phenoxy) is 1. The quantitative estimate of drug-likeness (QED) is 0.294. The number of carbonyl (C=O) groups is 1. The van der Waals surface area contributed by atoms with E-state index in [1.807, 2.05) is 6.07 Å². The third kappa shape index (κ3) is 4.92. The Morgan fingerprint density at radius 2 is 1.98 bits per heavy atom. The molecule has 2 fully saturated rings. The highest BCUT2D eigenvalue weighted by atomic mass is 19.3. The van der Waals surface area contributed by atoms with Crippen LogP contribution in [0.2, 0.25) is 0 Å². The molecule has 0 saturated heterocycles. The monoisotopic (exact) mass is 562 g/mol. The van der Waals surface area contributed by atoms with E-state index in [1.54, 1.807) is 50.8 Å². The van der Waals surface area contributed by atoms with E-state index in [4.69, 9.17) is 4.74 Å². The van der Waals surface area contributed by atoms with Gasteiger partial charge < -0.3 is 20.7 Å². The zero-order chi connectivity index (χ0) is 28.7. The Bertz CT molecular complexity index is 1700. The number of hydrogen-bond acceptors (Lipinski definition) is 8. The lowest BCUT2D eigenvalue weighted by Gasteiger charge is -2.35. The van der Waals surface area contributed by atoms with Crippen LogP contribution in [0.4, 0.5) is 26.1 Å². The van der Waals surface area contributed by atoms with Crippen molar-refractivity contribution in [2.75, 3.05) is 24.8 Å². The number of pyridine rings is 2. The Labute approximate surface area is 233 Å². The Balaban J connectivity index is 1.25. The zero-order valence-electron chi connectivity index (χ0n) is 22.4. The average Bonchev–Trinajstić information content (AvgIpc) is 3.35. The van der Waals surface area contributed by atoms with Gasteiger partial charge in [-0.15, -0.1) is 0 Å². The predicted molar refractivity (Wildman–Crippen MR) is 148 cm³/mol. The number of anilines is 3. The predicted octanol–water partition coefficient (Wildman–Crippen LogP) is 4.00. The SMILES string of the molecule is CNc1cc(Nc2cccn(-c3ccc(C4CC(=C(F)F)C4)cn3)c2=O)nc2c(C(=O)N[C@@H]3CC[C@H]3OC)cnn12. The van der Waals surface area contributed by atoms with Gasteiger partial charge in [0, 0.05) is 32.6 Å². The van der Waals surface area contributed by atoms with Crippen molar-refractivity contribution in [2.24, 2.45) is 0 Å². The van der Waals surface area contributed by atoms with Crippen LogP contribution in [0.25, 0.3) is 11.5 Å². The molecule has 2 aliphatic rings. The molecule has 0 unspecified atom stereocenters. The maximum atomic E-state index is 13.4. The summed E-state index contributed by atoms with van der Waals surface area (Å²) in [4.78, 5) is 35.4. The van der Waals surface area contributed by atoms with Gasteiger partial charge in [0.25, 0.3) is 17.5 Å². The fraction of sp³-hybridized carbons (Fsp3) is 0.321. The lowest BCUT2D eigenvalue weighted by Crippen LogP contribution is -2.51. The van der Waals surface area contributed by atoms with Gasteiger partial charge in [-0.2, -0.15) is 18.4 Å². The van der Waals surface area contributed by atoms with Gasteiger partial charge in [-0.3, -0.25) is 14.2 Å². The first-order valence-corrected chi connectivity index (χ1v) is 13.2. The van der Waals surface area contributed by atoms with E-state index in [1.165, 1.54) is 15.3 Å². The maximum absolute atomic E-state index is 13.4. The molecule has 0 bridgehead atoms. The highest BCUT2D eigenvalue weighted by Gasteiger charge is 2.33. The maximum Gasteiger partial charge on any atom is 0.279 e. The Hall–Kier alpha value is -4.65. The van der Waals surface area contributed by atoms with Gasteiger partial charge in [-0.25, -0.2) is 9.97 Å². The number of aromatic nitrogens is 5. The first-order valence-electron chi connectivity index (χ1n) is 13.2. The normalized spacial score (nSPS) is 19.8. The van der Waals surface area contributed by atoms with Crippen molar-refractivity contribution in [1.29, 1.82) is 0 Å². The van der Waals surface area contributed by atoms with E-state index in [0.717, 1.165) is 18.4 Å². The van der Waals surface area contributed by atoms with Crippen LogP contribution in [0.5, 0.6) is 0 Å². The summed E-state index contributed by atoms with van der Waals surface area (Å²) in [7, 11) is 3.34. The van der Waals surface area contributed by atoms with E-state index in [0.29, 0.717) is 41.5 Å². The van der Waals surface area contributed by atoms with Crippen molar-refractivity contribution in [2.45, 2.75) is 43.7 Å². The fourth-order valence-electron chi connectivity index (χ4n) is 5.14. The first-order chi connectivity index (χ1) is 19.9. The number of nitrogens with one attached hydrogen (secondary N) is 3. The molecule has 41 heavy (non-hydrogen) atoms. The molecule has 2 aliphatic carbocycles. The van der Waals surface area contributed by atoms with Crippen molar-refractivity contribution in [3.8, 4) is 5.82 Å². The molecule has 1 amide bonds. The lowest BCUT2D eigenvalue weighted by atomic mass is 9.77. The molecule has 2 atom stereocenters. The van der Waals surface area contributed by atoms with Gasteiger partial charge in [0.2, 0.25) is 0 Å². The second-order valence-electron chi connectivity index (χ2n) is 10.1. The number of rotatable bonds is 8. The summed E-state index contributed by atoms with van der Waals surface area (Å²) < 4.78 is 33.7. The van der Waals surface area contributed by atoms with Crippen molar-refractivity contribution in [3.63, 3.8) is 0 Å². The summed E-state index contributed by atoms with van der Waals surface area (Å²) in [6.07, 6.45) is 5.44. The number of carbonyl (C=O) groups excluding carboxylic acids is 1. The van der Waals surface area contributed by atoms with Crippen LogP contribution in [0, 0.1) is 0 Å². The summed E-state index contributed by atoms with van der Waals surface area (Å²) in [5.41, 5.74) is 1.53. The van der Waals surface area contributed by atoms with Gasteiger partial charge >= 0.3 is 0 Å². The second-order valence-corrected chi connectivity index (χ2v) is 10.1. The Morgan fingerprint density at radius 3 is 2.63 bits per heavy atom. The Morgan fingerprint density at radius 1 is 1.15 bits per heavy atom. The number of nitrogens with zero attached hydrogens (tertiary/aromatic N) is 5. The van der Waals surface area contributed by atoms with Crippen LogP contribution in [-0.2, 0) is 4.74 Å². The van der Waals surface area contributed by atoms with E-state index in [2.05, 4.69) is 31.0 Å². The summed E-state index contributed by atoms with van der Waals surface area (Å²) in [5.74, 6) is 0.991. The molecule has 11 nitrogen and oxygen atoms in total. The third-order valence-electron chi connectivity index (χ3n) is 7.75. The molecular formula is C28H28F2N8O3. The standard InChI is InChI=1S/C28H28F2N8O3/c1-31-24-12-22(36-26-18(14-33-38(24)26)27(39)35-19-6-7-21(19)41-2)34-20-4-3-9-37(28(20)40)23-8-5-15(13-32-23)16-10-17(11-16)25(29)30/h3-5,8-9,12-14,16,19,21,31H,6-7,10-11H2,1-2H3,(H,34,36)(H,35,39)/t19-,21-/m1/s1. The molecule has 0 radical (unpaired) electrons. The molecule has 3 N–H and O–H groups in total. The van der Waals surface area contributed by atoms with Crippen LogP contribution in [0.1, 0.15) is 47.5 Å². The number of allylic oxidation sites excluding steroid dienone is 1. The first kappa shape index (κ1) is 26.6. The fourth-order valence-corrected chi connectivity index (χ4v) is 5.14. The van der Waals surface area contributed by atoms with Gasteiger partial charge in [-0.05, 0) is 60.9 Å². The molecule has 6 rings (SSSR count). The smallest absolute Gasteiger partial charge is 0.279 e. The van der Waals surface area contributed by atoms with Gasteiger partial charge in [-0.1, -0.05) is 6.07 Å². The van der Waals surface area contributed by atoms with Crippen LogP contribution in [0.3, 0.4) is 0 Å². The summed E-state index contributed by atoms with van der Waals surface area (Å²) in [6, 6.07) is 8.44. The zero-order valence-corrected chi connectivity index (χ0v) is 22.4. The van der Waals surface area contributed by atoms with Crippen LogP contribution < -0.4 is 21.5 Å². The van der Waals surface area contributed by atoms with E-state index in [-0.39, 0.29) is 40.8 Å². The minimum Gasteiger partial charge on any atom is -0.379 e. The highest BCUT2D eigenvalue weighted by molar-refractivity contribution is 6.00. The van der Waals surface area contributed by atoms with Crippen molar-refractivity contribution in [3.05, 3.63) is 82.1 Å². The van der Waals surface area contributed by atoms with Crippen molar-refractivity contribution in [1.82, 2.24) is 29.5 Å². The molecule has 212 valence electrons. The van der Waals surface area contributed by atoms with Crippen LogP contribution in [-0.4, -0.2) is 56.4 Å². The molecule has 4 aromatic rings. The summed E-state index contributed by atoms with van der Waals surface area (Å²) in [5, 5.41) is 13.4. The number of halogens is 2. The topological polar surface area (TPSA) is 127 Å². The van der Waals surface area contributed by atoms with Gasteiger partial charge in [0.05, 0.1) is 18.3 Å². The van der Waals surface area contributed by atoms with E-state index >= 15 is 0 Å². The third-order valence-corrected chi connectivity index (χ3v) is 7.75. The number of fused-ring (bicyclic) bond motifs is 1. The Kier molecular flexibility index (Phi) is 6.95. The molecule has 13 heteroatoms. The van der Waals surface area contributed by atoms with Crippen LogP contribution in [0.15, 0.2) is 65.4 Å². The molecule has 4 heterocycles. The van der Waals surface area contributed by atoms with E-state index in [9.17, 15) is 18.4 Å². The highest BCUT2D eigenvalue weighted by Crippen LogP contribution is 2.43. The van der Waals surface area contributed by atoms with Crippen LogP contribution >= 0.6 is 0 Å². The largest absolute Gasteiger partial charge is 0.379 e. The molecule has 2 saturated carbocycles. The van der Waals surface area contributed by atoms with Gasteiger partial charge in [0.1, 0.15) is 28.7 Å². The van der Waals surface area contributed by atoms with E-state index < -0.39 is 6.08 Å². The molecule has 0 aliphatic heterocycles. The van der Waals surface area contributed by atoms with Gasteiger partial charge in [0.15, 0.2) is 5.65 Å². The lowest BCUT2D eigenvalue weighted by molar-refractivity contribution is 0.00732. The summed E-state index contributed by atoms with van der Waals surface area (Å²) >= 11 is 0. The minimum absolute atomic E-state index is 0.00535. The minimum atomic E-state index is -1.60. The molecule has 0 aromatic carbocycles. The molecule has 4 aromatic heterocycles. The van der Waals surface area contributed by atoms with Crippen molar-refractivity contribution < 1.29 is 18.3 Å². The van der Waals surface area contributed by atoms with Crippen molar-refractivity contribution >= 4 is 28.9 Å². The number of methoxy groups -OCH3 is 1. The number of hydrogen-bond donors (Lipinski definition) is 3. The summed E-state index contributed by atoms with van der Waals surface area (Å²) in [6.45, 7) is 0. The molecule has 0 spiro atoms. The second kappa shape index (κ2) is 10.7. The number of amides is 1. The average molecular weight is 563 g/mol.